The number of aliphatic hydroxyl groups excluding tert-OH is 1. The third-order valence-electron chi connectivity index (χ3n) is 3.06. The van der Waals surface area contributed by atoms with Crippen LogP contribution in [0.4, 0.5) is 0 Å². The lowest BCUT2D eigenvalue weighted by molar-refractivity contribution is 0.0346. The van der Waals surface area contributed by atoms with Gasteiger partial charge in [-0.05, 0) is 31.0 Å². The first-order chi connectivity index (χ1) is 11.6. The van der Waals surface area contributed by atoms with Crippen LogP contribution in [0.15, 0.2) is 22.8 Å². The highest BCUT2D eigenvalue weighted by Gasteiger charge is 2.13. The van der Waals surface area contributed by atoms with E-state index in [0.717, 1.165) is 28.9 Å². The maximum atomic E-state index is 7.00. The van der Waals surface area contributed by atoms with Gasteiger partial charge >= 0.3 is 0 Å². The molecule has 1 fully saturated rings. The fraction of sp³-hybridized carbons (Fsp3) is 0.632. The number of benzene rings is 1. The zero-order valence-corrected chi connectivity index (χ0v) is 17.6. The summed E-state index contributed by atoms with van der Waals surface area (Å²) in [7, 11) is 2.71. The summed E-state index contributed by atoms with van der Waals surface area (Å²) in [5.41, 5.74) is 2.33. The molecule has 1 unspecified atom stereocenters. The van der Waals surface area contributed by atoms with Gasteiger partial charge in [0.1, 0.15) is 6.23 Å². The molecule has 1 atom stereocenters. The fourth-order valence-corrected chi connectivity index (χ4v) is 2.57. The maximum Gasteiger partial charge on any atom is 0.150 e. The van der Waals surface area contributed by atoms with Crippen molar-refractivity contribution >= 4 is 26.8 Å². The van der Waals surface area contributed by atoms with Gasteiger partial charge in [-0.3, -0.25) is 0 Å². The molecule has 1 aromatic carbocycles. The largest absolute Gasteiger partial charge is 0.400 e. The molecule has 1 N–H and O–H groups in total. The lowest BCUT2D eigenvalue weighted by Crippen LogP contribution is -2.11. The van der Waals surface area contributed by atoms with E-state index in [4.69, 9.17) is 9.84 Å². The van der Waals surface area contributed by atoms with Crippen LogP contribution in [0.2, 0.25) is 0 Å². The number of aromatic nitrogens is 2. The number of aliphatic hydroxyl groups is 1. The smallest absolute Gasteiger partial charge is 0.150 e. The Kier molecular flexibility index (Phi) is 12.9. The van der Waals surface area contributed by atoms with E-state index in [1.54, 1.807) is 7.11 Å². The number of aryl methyl sites for hydroxylation is 1. The number of halogens is 1. The molecule has 1 aromatic heterocycles. The second kappa shape index (κ2) is 13.4. The molecular formula is C19H33BrN2O2. The van der Waals surface area contributed by atoms with Gasteiger partial charge in [0.15, 0.2) is 0 Å². The van der Waals surface area contributed by atoms with Crippen molar-refractivity contribution in [2.24, 2.45) is 0 Å². The summed E-state index contributed by atoms with van der Waals surface area (Å²) in [6.07, 6.45) is 8.53. The predicted molar refractivity (Wildman–Crippen MR) is 106 cm³/mol. The van der Waals surface area contributed by atoms with Crippen LogP contribution in [-0.2, 0) is 4.74 Å². The minimum Gasteiger partial charge on any atom is -0.400 e. The summed E-state index contributed by atoms with van der Waals surface area (Å²) in [6.45, 7) is 8.42. The van der Waals surface area contributed by atoms with Crippen molar-refractivity contribution in [3.63, 3.8) is 0 Å². The molecule has 0 saturated heterocycles. The van der Waals surface area contributed by atoms with E-state index in [1.807, 2.05) is 10.9 Å². The van der Waals surface area contributed by atoms with Crippen molar-refractivity contribution in [2.45, 2.75) is 66.0 Å². The number of methoxy groups -OCH3 is 1. The van der Waals surface area contributed by atoms with E-state index >= 15 is 0 Å². The predicted octanol–water partition coefficient (Wildman–Crippen LogP) is 5.86. The molecule has 0 aliphatic heterocycles. The second-order valence-corrected chi connectivity index (χ2v) is 6.49. The number of ether oxygens (including phenoxy) is 1. The molecule has 5 heteroatoms. The van der Waals surface area contributed by atoms with E-state index in [1.165, 1.54) is 31.2 Å². The summed E-state index contributed by atoms with van der Waals surface area (Å²) >= 11 is 3.56. The fourth-order valence-electron chi connectivity index (χ4n) is 1.90. The minimum absolute atomic E-state index is 0.00574. The van der Waals surface area contributed by atoms with Gasteiger partial charge in [-0.25, -0.2) is 4.68 Å². The van der Waals surface area contributed by atoms with Crippen LogP contribution in [0.3, 0.4) is 0 Å². The SMILES string of the molecule is C1CC1.CCC.CCC(OC)n1ncc2c(Br)cc(C)cc21.CO. The van der Waals surface area contributed by atoms with Gasteiger partial charge < -0.3 is 9.84 Å². The first kappa shape index (κ1) is 23.1. The van der Waals surface area contributed by atoms with Gasteiger partial charge in [-0.2, -0.15) is 5.10 Å². The highest BCUT2D eigenvalue weighted by molar-refractivity contribution is 9.10. The number of hydrogen-bond acceptors (Lipinski definition) is 3. The Morgan fingerprint density at radius 2 is 1.75 bits per heavy atom. The molecule has 0 amide bonds. The van der Waals surface area contributed by atoms with E-state index < -0.39 is 0 Å². The average Bonchev–Trinajstić information content (AvgIpc) is 3.40. The number of rotatable bonds is 3. The topological polar surface area (TPSA) is 47.3 Å². The highest BCUT2D eigenvalue weighted by Crippen LogP contribution is 2.28. The van der Waals surface area contributed by atoms with Gasteiger partial charge in [-0.15, -0.1) is 0 Å². The normalized spacial score (nSPS) is 12.8. The highest BCUT2D eigenvalue weighted by atomic mass is 79.9. The summed E-state index contributed by atoms with van der Waals surface area (Å²) in [5, 5.41) is 12.5. The zero-order chi connectivity index (χ0) is 18.5. The lowest BCUT2D eigenvalue weighted by atomic mass is 10.2. The van der Waals surface area contributed by atoms with Crippen LogP contribution >= 0.6 is 15.9 Å². The molecule has 0 spiro atoms. The summed E-state index contributed by atoms with van der Waals surface area (Å²) in [6, 6.07) is 4.23. The molecule has 0 radical (unpaired) electrons. The molecular weight excluding hydrogens is 368 g/mol. The number of nitrogens with zero attached hydrogens (tertiary/aromatic N) is 2. The van der Waals surface area contributed by atoms with Gasteiger partial charge in [-0.1, -0.05) is 62.4 Å². The molecule has 0 bridgehead atoms. The van der Waals surface area contributed by atoms with E-state index in [0.29, 0.717) is 0 Å². The molecule has 1 aliphatic carbocycles. The molecule has 1 heterocycles. The Bertz CT molecular complexity index is 561. The number of fused-ring (bicyclic) bond motifs is 1. The lowest BCUT2D eigenvalue weighted by Gasteiger charge is -2.14. The Labute approximate surface area is 155 Å². The molecule has 1 saturated carbocycles. The van der Waals surface area contributed by atoms with Crippen LogP contribution in [-0.4, -0.2) is 29.1 Å². The van der Waals surface area contributed by atoms with Gasteiger partial charge in [0.2, 0.25) is 0 Å². The second-order valence-electron chi connectivity index (χ2n) is 5.64. The van der Waals surface area contributed by atoms with E-state index in [-0.39, 0.29) is 6.23 Å². The van der Waals surface area contributed by atoms with Crippen LogP contribution in [0.5, 0.6) is 0 Å². The van der Waals surface area contributed by atoms with Crippen LogP contribution in [0.25, 0.3) is 10.9 Å². The molecule has 24 heavy (non-hydrogen) atoms. The molecule has 3 rings (SSSR count). The molecule has 2 aromatic rings. The van der Waals surface area contributed by atoms with Crippen LogP contribution < -0.4 is 0 Å². The van der Waals surface area contributed by atoms with Crippen molar-refractivity contribution < 1.29 is 9.84 Å². The molecule has 138 valence electrons. The summed E-state index contributed by atoms with van der Waals surface area (Å²) in [4.78, 5) is 0. The first-order valence-corrected chi connectivity index (χ1v) is 9.49. The number of hydrogen-bond donors (Lipinski definition) is 1. The Hall–Kier alpha value is -0.910. The van der Waals surface area contributed by atoms with Crippen molar-refractivity contribution in [3.8, 4) is 0 Å². The molecule has 4 nitrogen and oxygen atoms in total. The van der Waals surface area contributed by atoms with Crippen molar-refractivity contribution in [1.82, 2.24) is 9.78 Å². The van der Waals surface area contributed by atoms with Gasteiger partial charge in [0, 0.05) is 24.1 Å². The Morgan fingerprint density at radius 3 is 2.17 bits per heavy atom. The van der Waals surface area contributed by atoms with Gasteiger partial charge in [0.25, 0.3) is 0 Å². The monoisotopic (exact) mass is 400 g/mol. The Balaban J connectivity index is 0.000000554. The third-order valence-corrected chi connectivity index (χ3v) is 3.71. The summed E-state index contributed by atoms with van der Waals surface area (Å²) in [5.74, 6) is 0. The van der Waals surface area contributed by atoms with Crippen molar-refractivity contribution in [3.05, 3.63) is 28.4 Å². The Morgan fingerprint density at radius 1 is 1.21 bits per heavy atom. The van der Waals surface area contributed by atoms with Crippen molar-refractivity contribution in [2.75, 3.05) is 14.2 Å². The standard InChI is InChI=1S/C12H15BrN2O.C3H6.C3H8.CH4O/c1-4-12(16-3)15-11-6-8(2)5-10(13)9(11)7-14-15;1-2-3-1;1-3-2;1-2/h5-7,12H,4H2,1-3H3;1-3H2;3H2,1-2H3;2H,1H3. The van der Waals surface area contributed by atoms with E-state index in [9.17, 15) is 0 Å². The van der Waals surface area contributed by atoms with Crippen molar-refractivity contribution in [1.29, 1.82) is 0 Å². The quantitative estimate of drug-likeness (QED) is 0.701. The molecule has 1 aliphatic rings. The van der Waals surface area contributed by atoms with Crippen LogP contribution in [0, 0.1) is 6.92 Å². The average molecular weight is 401 g/mol. The third kappa shape index (κ3) is 7.77. The van der Waals surface area contributed by atoms with E-state index in [2.05, 4.69) is 60.9 Å². The van der Waals surface area contributed by atoms with Gasteiger partial charge in [0.05, 0.1) is 11.7 Å². The summed E-state index contributed by atoms with van der Waals surface area (Å²) < 4.78 is 8.44. The maximum absolute atomic E-state index is 7.00. The van der Waals surface area contributed by atoms with Crippen LogP contribution in [0.1, 0.15) is 64.7 Å². The first-order valence-electron chi connectivity index (χ1n) is 8.69. The minimum atomic E-state index is 0.00574. The zero-order valence-electron chi connectivity index (χ0n) is 16.0.